The molecular formula is C21H26N2O5. The molecule has 2 aromatic rings. The third-order valence-electron chi connectivity index (χ3n) is 4.96. The molecule has 2 heterocycles. The van der Waals surface area contributed by atoms with Crippen molar-refractivity contribution in [1.29, 1.82) is 0 Å². The third-order valence-corrected chi connectivity index (χ3v) is 4.96. The maximum atomic E-state index is 12.5. The van der Waals surface area contributed by atoms with Gasteiger partial charge >= 0.3 is 0 Å². The summed E-state index contributed by atoms with van der Waals surface area (Å²) >= 11 is 0. The molecule has 0 atom stereocenters. The van der Waals surface area contributed by atoms with Gasteiger partial charge in [0, 0.05) is 32.6 Å². The first kappa shape index (κ1) is 19.8. The minimum absolute atomic E-state index is 0.120. The molecule has 0 spiro atoms. The molecule has 0 aliphatic carbocycles. The highest BCUT2D eigenvalue weighted by Gasteiger charge is 2.25. The molecule has 28 heavy (non-hydrogen) atoms. The number of amides is 2. The number of hydrogen-bond donors (Lipinski definition) is 0. The van der Waals surface area contributed by atoms with Crippen LogP contribution in [0, 0.1) is 0 Å². The van der Waals surface area contributed by atoms with Gasteiger partial charge in [-0.3, -0.25) is 9.59 Å². The van der Waals surface area contributed by atoms with Gasteiger partial charge in [0.1, 0.15) is 0 Å². The Balaban J connectivity index is 1.43. The van der Waals surface area contributed by atoms with E-state index in [1.54, 1.807) is 31.3 Å². The smallest absolute Gasteiger partial charge is 0.289 e. The molecule has 0 radical (unpaired) electrons. The lowest BCUT2D eigenvalue weighted by atomic mass is 10.1. The van der Waals surface area contributed by atoms with Crippen molar-refractivity contribution < 1.29 is 23.5 Å². The van der Waals surface area contributed by atoms with Crippen LogP contribution in [0.4, 0.5) is 0 Å². The Kier molecular flexibility index (Phi) is 6.57. The van der Waals surface area contributed by atoms with Gasteiger partial charge in [-0.25, -0.2) is 0 Å². The first-order valence-electron chi connectivity index (χ1n) is 9.44. The fourth-order valence-electron chi connectivity index (χ4n) is 3.35. The highest BCUT2D eigenvalue weighted by molar-refractivity contribution is 5.91. The van der Waals surface area contributed by atoms with Crippen LogP contribution in [0.15, 0.2) is 41.0 Å². The van der Waals surface area contributed by atoms with Crippen molar-refractivity contribution in [2.75, 3.05) is 40.4 Å². The minimum atomic E-state index is -0.120. The number of rotatable bonds is 7. The van der Waals surface area contributed by atoms with E-state index in [0.717, 1.165) is 18.4 Å². The van der Waals surface area contributed by atoms with E-state index in [9.17, 15) is 9.59 Å². The maximum Gasteiger partial charge on any atom is 0.289 e. The molecule has 0 bridgehead atoms. The molecule has 0 saturated carbocycles. The normalized spacial score (nSPS) is 14.1. The number of ether oxygens (including phenoxy) is 2. The van der Waals surface area contributed by atoms with Crippen molar-refractivity contribution in [3.05, 3.63) is 47.9 Å². The maximum absolute atomic E-state index is 12.5. The van der Waals surface area contributed by atoms with E-state index in [1.807, 2.05) is 23.1 Å². The Hall–Kier alpha value is -2.96. The minimum Gasteiger partial charge on any atom is -0.493 e. The highest BCUT2D eigenvalue weighted by atomic mass is 16.5. The van der Waals surface area contributed by atoms with Gasteiger partial charge in [0.15, 0.2) is 17.3 Å². The van der Waals surface area contributed by atoms with Gasteiger partial charge in [0.25, 0.3) is 5.91 Å². The summed E-state index contributed by atoms with van der Waals surface area (Å²) in [7, 11) is 3.22. The van der Waals surface area contributed by atoms with Crippen molar-refractivity contribution in [1.82, 2.24) is 9.80 Å². The van der Waals surface area contributed by atoms with Gasteiger partial charge in [-0.15, -0.1) is 0 Å². The predicted octanol–water partition coefficient (Wildman–Crippen LogP) is 2.60. The zero-order chi connectivity index (χ0) is 19.9. The summed E-state index contributed by atoms with van der Waals surface area (Å²) in [5.74, 6) is 1.75. The number of methoxy groups -OCH3 is 2. The number of nitrogens with zero attached hydrogens (tertiary/aromatic N) is 2. The van der Waals surface area contributed by atoms with Crippen LogP contribution in [-0.4, -0.2) is 62.0 Å². The lowest BCUT2D eigenvalue weighted by molar-refractivity contribution is -0.132. The van der Waals surface area contributed by atoms with Crippen molar-refractivity contribution in [3.8, 4) is 11.5 Å². The molecule has 7 heteroatoms. The lowest BCUT2D eigenvalue weighted by Crippen LogP contribution is -2.50. The monoisotopic (exact) mass is 386 g/mol. The molecule has 150 valence electrons. The SMILES string of the molecule is COc1ccc(CCCC(=O)N2CCN(C(=O)c3ccco3)CC2)cc1OC. The molecule has 0 N–H and O–H groups in total. The van der Waals surface area contributed by atoms with Crippen LogP contribution in [-0.2, 0) is 11.2 Å². The molecule has 1 aliphatic rings. The number of furan rings is 1. The average Bonchev–Trinajstić information content (AvgIpc) is 3.28. The molecule has 2 amide bonds. The molecule has 1 fully saturated rings. The second-order valence-corrected chi connectivity index (χ2v) is 6.69. The number of aryl methyl sites for hydroxylation is 1. The molecular weight excluding hydrogens is 360 g/mol. The summed E-state index contributed by atoms with van der Waals surface area (Å²) in [6, 6.07) is 9.18. The summed E-state index contributed by atoms with van der Waals surface area (Å²) in [4.78, 5) is 28.3. The molecule has 1 aromatic heterocycles. The first-order chi connectivity index (χ1) is 13.6. The van der Waals surface area contributed by atoms with E-state index in [4.69, 9.17) is 13.9 Å². The van der Waals surface area contributed by atoms with E-state index >= 15 is 0 Å². The zero-order valence-electron chi connectivity index (χ0n) is 16.3. The van der Waals surface area contributed by atoms with Gasteiger partial charge < -0.3 is 23.7 Å². The van der Waals surface area contributed by atoms with Crippen LogP contribution < -0.4 is 9.47 Å². The molecule has 7 nitrogen and oxygen atoms in total. The second-order valence-electron chi connectivity index (χ2n) is 6.69. The van der Waals surface area contributed by atoms with Crippen LogP contribution in [0.2, 0.25) is 0 Å². The standard InChI is InChI=1S/C21H26N2O5/c1-26-17-9-8-16(15-19(17)27-2)5-3-7-20(24)22-10-12-23(13-11-22)21(25)18-6-4-14-28-18/h4,6,8-9,14-15H,3,5,7,10-13H2,1-2H3. The van der Waals surface area contributed by atoms with Crippen LogP contribution in [0.5, 0.6) is 11.5 Å². The second kappa shape index (κ2) is 9.30. The summed E-state index contributed by atoms with van der Waals surface area (Å²) in [6.45, 7) is 2.17. The summed E-state index contributed by atoms with van der Waals surface area (Å²) in [5.41, 5.74) is 1.11. The van der Waals surface area contributed by atoms with Crippen molar-refractivity contribution in [2.24, 2.45) is 0 Å². The fraction of sp³-hybridized carbons (Fsp3) is 0.429. The Morgan fingerprint density at radius 3 is 2.36 bits per heavy atom. The number of piperazine rings is 1. The Morgan fingerprint density at radius 2 is 1.71 bits per heavy atom. The molecule has 1 saturated heterocycles. The fourth-order valence-corrected chi connectivity index (χ4v) is 3.35. The van der Waals surface area contributed by atoms with Crippen LogP contribution >= 0.6 is 0 Å². The number of carbonyl (C=O) groups excluding carboxylic acids is 2. The van der Waals surface area contributed by atoms with Gasteiger partial charge in [-0.1, -0.05) is 6.07 Å². The first-order valence-corrected chi connectivity index (χ1v) is 9.44. The third kappa shape index (κ3) is 4.65. The highest BCUT2D eigenvalue weighted by Crippen LogP contribution is 2.28. The van der Waals surface area contributed by atoms with E-state index in [1.165, 1.54) is 6.26 Å². The van der Waals surface area contributed by atoms with Crippen LogP contribution in [0.1, 0.15) is 29.0 Å². The Bertz CT molecular complexity index is 795. The predicted molar refractivity (Wildman–Crippen MR) is 104 cm³/mol. The largest absolute Gasteiger partial charge is 0.493 e. The van der Waals surface area contributed by atoms with Crippen molar-refractivity contribution in [3.63, 3.8) is 0 Å². The zero-order valence-corrected chi connectivity index (χ0v) is 16.3. The lowest BCUT2D eigenvalue weighted by Gasteiger charge is -2.34. The van der Waals surface area contributed by atoms with Gasteiger partial charge in [0.05, 0.1) is 20.5 Å². The molecule has 1 aromatic carbocycles. The summed E-state index contributed by atoms with van der Waals surface area (Å²) in [6.07, 6.45) is 3.54. The summed E-state index contributed by atoms with van der Waals surface area (Å²) in [5, 5.41) is 0. The number of benzene rings is 1. The molecule has 3 rings (SSSR count). The van der Waals surface area contributed by atoms with E-state index in [2.05, 4.69) is 0 Å². The van der Waals surface area contributed by atoms with Gasteiger partial charge in [-0.2, -0.15) is 0 Å². The van der Waals surface area contributed by atoms with E-state index in [-0.39, 0.29) is 11.8 Å². The van der Waals surface area contributed by atoms with Crippen molar-refractivity contribution in [2.45, 2.75) is 19.3 Å². The van der Waals surface area contributed by atoms with Crippen LogP contribution in [0.3, 0.4) is 0 Å². The number of hydrogen-bond acceptors (Lipinski definition) is 5. The molecule has 1 aliphatic heterocycles. The quantitative estimate of drug-likeness (QED) is 0.731. The Morgan fingerprint density at radius 1 is 1.00 bits per heavy atom. The van der Waals surface area contributed by atoms with E-state index in [0.29, 0.717) is 49.9 Å². The van der Waals surface area contributed by atoms with Crippen LogP contribution in [0.25, 0.3) is 0 Å². The summed E-state index contributed by atoms with van der Waals surface area (Å²) < 4.78 is 15.7. The number of carbonyl (C=O) groups is 2. The van der Waals surface area contributed by atoms with E-state index < -0.39 is 0 Å². The van der Waals surface area contributed by atoms with Crippen molar-refractivity contribution >= 4 is 11.8 Å². The van der Waals surface area contributed by atoms with Gasteiger partial charge in [-0.05, 0) is 42.7 Å². The Labute approximate surface area is 164 Å². The molecule has 0 unspecified atom stereocenters. The van der Waals surface area contributed by atoms with Gasteiger partial charge in [0.2, 0.25) is 5.91 Å². The topological polar surface area (TPSA) is 72.2 Å². The average molecular weight is 386 g/mol.